The van der Waals surface area contributed by atoms with E-state index in [1.54, 1.807) is 0 Å². The first-order valence-corrected chi connectivity index (χ1v) is 7.36. The number of rotatable bonds is 7. The number of hydrogen-bond donors (Lipinski definition) is 3. The third-order valence-corrected chi connectivity index (χ3v) is 2.75. The van der Waals surface area contributed by atoms with Crippen LogP contribution < -0.4 is 16.4 Å². The minimum atomic E-state index is -0.469. The van der Waals surface area contributed by atoms with Crippen LogP contribution in [-0.2, 0) is 17.8 Å². The predicted octanol–water partition coefficient (Wildman–Crippen LogP) is 2.15. The van der Waals surface area contributed by atoms with Gasteiger partial charge in [-0.15, -0.1) is 0 Å². The Balaban J connectivity index is 2.32. The number of amides is 1. The summed E-state index contributed by atoms with van der Waals surface area (Å²) >= 11 is 0. The van der Waals surface area contributed by atoms with Crippen LogP contribution in [0, 0.1) is 0 Å². The van der Waals surface area contributed by atoms with Gasteiger partial charge in [0.25, 0.3) is 0 Å². The Hall–Kier alpha value is -1.59. The van der Waals surface area contributed by atoms with Crippen molar-refractivity contribution >= 4 is 6.09 Å². The number of nitrogens with one attached hydrogen (secondary N) is 2. The van der Waals surface area contributed by atoms with E-state index in [-0.39, 0.29) is 0 Å². The SMILES string of the molecule is CC(C)(C)OC(=O)NCc1ccc(CNCCCN)cc1. The molecule has 0 unspecified atom stereocenters. The number of hydrogen-bond acceptors (Lipinski definition) is 4. The van der Waals surface area contributed by atoms with Crippen LogP contribution in [0.15, 0.2) is 24.3 Å². The van der Waals surface area contributed by atoms with Crippen molar-refractivity contribution in [3.63, 3.8) is 0 Å². The van der Waals surface area contributed by atoms with Crippen molar-refractivity contribution in [2.75, 3.05) is 13.1 Å². The zero-order chi connectivity index (χ0) is 15.7. The van der Waals surface area contributed by atoms with E-state index in [9.17, 15) is 4.79 Å². The van der Waals surface area contributed by atoms with Gasteiger partial charge in [-0.05, 0) is 51.4 Å². The van der Waals surface area contributed by atoms with Gasteiger partial charge >= 0.3 is 6.09 Å². The van der Waals surface area contributed by atoms with E-state index < -0.39 is 11.7 Å². The summed E-state index contributed by atoms with van der Waals surface area (Å²) in [7, 11) is 0. The Morgan fingerprint density at radius 2 is 1.71 bits per heavy atom. The van der Waals surface area contributed by atoms with E-state index in [2.05, 4.69) is 22.8 Å². The van der Waals surface area contributed by atoms with E-state index in [0.29, 0.717) is 13.1 Å². The Labute approximate surface area is 127 Å². The second kappa shape index (κ2) is 8.64. The van der Waals surface area contributed by atoms with E-state index >= 15 is 0 Å². The smallest absolute Gasteiger partial charge is 0.407 e. The van der Waals surface area contributed by atoms with Gasteiger partial charge in [-0.3, -0.25) is 0 Å². The van der Waals surface area contributed by atoms with Crippen molar-refractivity contribution in [1.29, 1.82) is 0 Å². The third kappa shape index (κ3) is 8.32. The fraction of sp³-hybridized carbons (Fsp3) is 0.562. The standard InChI is InChI=1S/C16H27N3O2/c1-16(2,3)21-15(20)19-12-14-7-5-13(6-8-14)11-18-10-4-9-17/h5-8,18H,4,9-12,17H2,1-3H3,(H,19,20). The van der Waals surface area contributed by atoms with Crippen molar-refractivity contribution in [2.45, 2.75) is 45.9 Å². The summed E-state index contributed by atoms with van der Waals surface area (Å²) in [5, 5.41) is 6.07. The number of carbonyl (C=O) groups excluding carboxylic acids is 1. The number of benzene rings is 1. The molecule has 5 nitrogen and oxygen atoms in total. The number of ether oxygens (including phenoxy) is 1. The third-order valence-electron chi connectivity index (χ3n) is 2.75. The van der Waals surface area contributed by atoms with Gasteiger partial charge in [0.15, 0.2) is 0 Å². The molecule has 0 radical (unpaired) electrons. The molecule has 5 heteroatoms. The molecule has 0 aliphatic carbocycles. The van der Waals surface area contributed by atoms with Gasteiger partial charge in [0.1, 0.15) is 5.60 Å². The van der Waals surface area contributed by atoms with Crippen molar-refractivity contribution in [3.8, 4) is 0 Å². The summed E-state index contributed by atoms with van der Waals surface area (Å²) in [5.74, 6) is 0. The molecule has 4 N–H and O–H groups in total. The van der Waals surface area contributed by atoms with Crippen LogP contribution in [-0.4, -0.2) is 24.8 Å². The van der Waals surface area contributed by atoms with Gasteiger partial charge < -0.3 is 21.1 Å². The maximum absolute atomic E-state index is 11.5. The van der Waals surface area contributed by atoms with Crippen molar-refractivity contribution in [3.05, 3.63) is 35.4 Å². The fourth-order valence-corrected chi connectivity index (χ4v) is 1.72. The molecule has 1 rings (SSSR count). The van der Waals surface area contributed by atoms with Gasteiger partial charge in [0.2, 0.25) is 0 Å². The minimum Gasteiger partial charge on any atom is -0.444 e. The monoisotopic (exact) mass is 293 g/mol. The molecule has 21 heavy (non-hydrogen) atoms. The van der Waals surface area contributed by atoms with Crippen LogP contribution in [0.3, 0.4) is 0 Å². The lowest BCUT2D eigenvalue weighted by Gasteiger charge is -2.19. The Bertz CT molecular complexity index is 424. The van der Waals surface area contributed by atoms with Crippen molar-refractivity contribution < 1.29 is 9.53 Å². The highest BCUT2D eigenvalue weighted by atomic mass is 16.6. The molecular formula is C16H27N3O2. The molecule has 0 saturated carbocycles. The van der Waals surface area contributed by atoms with Crippen LogP contribution in [0.4, 0.5) is 4.79 Å². The summed E-state index contributed by atoms with van der Waals surface area (Å²) in [6.45, 7) is 8.48. The lowest BCUT2D eigenvalue weighted by molar-refractivity contribution is 0.0523. The zero-order valence-electron chi connectivity index (χ0n) is 13.2. The van der Waals surface area contributed by atoms with Gasteiger partial charge in [0, 0.05) is 13.1 Å². The average molecular weight is 293 g/mol. The van der Waals surface area contributed by atoms with Crippen LogP contribution in [0.25, 0.3) is 0 Å². The molecule has 0 aromatic heterocycles. The first-order valence-electron chi connectivity index (χ1n) is 7.36. The zero-order valence-corrected chi connectivity index (χ0v) is 13.2. The van der Waals surface area contributed by atoms with Crippen molar-refractivity contribution in [1.82, 2.24) is 10.6 Å². The quantitative estimate of drug-likeness (QED) is 0.673. The van der Waals surface area contributed by atoms with Crippen LogP contribution in [0.2, 0.25) is 0 Å². The van der Waals surface area contributed by atoms with Gasteiger partial charge in [-0.1, -0.05) is 24.3 Å². The molecule has 1 amide bonds. The summed E-state index contributed by atoms with van der Waals surface area (Å²) in [6.07, 6.45) is 0.591. The van der Waals surface area contributed by atoms with Crippen molar-refractivity contribution in [2.24, 2.45) is 5.73 Å². The summed E-state index contributed by atoms with van der Waals surface area (Å²) in [5.41, 5.74) is 7.23. The lowest BCUT2D eigenvalue weighted by atomic mass is 10.1. The second-order valence-electron chi connectivity index (χ2n) is 5.99. The molecule has 0 saturated heterocycles. The lowest BCUT2D eigenvalue weighted by Crippen LogP contribution is -2.32. The topological polar surface area (TPSA) is 76.4 Å². The van der Waals surface area contributed by atoms with Crippen LogP contribution >= 0.6 is 0 Å². The van der Waals surface area contributed by atoms with E-state index in [1.807, 2.05) is 32.9 Å². The summed E-state index contributed by atoms with van der Waals surface area (Å²) in [4.78, 5) is 11.5. The first-order chi connectivity index (χ1) is 9.90. The minimum absolute atomic E-state index is 0.393. The molecule has 118 valence electrons. The molecule has 1 aromatic rings. The van der Waals surface area contributed by atoms with Gasteiger partial charge in [0.05, 0.1) is 0 Å². The molecule has 0 bridgehead atoms. The highest BCUT2D eigenvalue weighted by Crippen LogP contribution is 2.08. The highest BCUT2D eigenvalue weighted by molar-refractivity contribution is 5.67. The van der Waals surface area contributed by atoms with E-state index in [0.717, 1.165) is 25.1 Å². The molecular weight excluding hydrogens is 266 g/mol. The normalized spacial score (nSPS) is 11.2. The number of alkyl carbamates (subject to hydrolysis) is 1. The molecule has 0 heterocycles. The van der Waals surface area contributed by atoms with Crippen LogP contribution in [0.5, 0.6) is 0 Å². The first kappa shape index (κ1) is 17.5. The summed E-state index contributed by atoms with van der Waals surface area (Å²) < 4.78 is 5.19. The predicted molar refractivity (Wildman–Crippen MR) is 84.9 cm³/mol. The van der Waals surface area contributed by atoms with Gasteiger partial charge in [-0.2, -0.15) is 0 Å². The van der Waals surface area contributed by atoms with E-state index in [1.165, 1.54) is 5.56 Å². The van der Waals surface area contributed by atoms with E-state index in [4.69, 9.17) is 10.5 Å². The molecule has 0 aliphatic heterocycles. The Kier molecular flexibility index (Phi) is 7.19. The molecule has 0 aliphatic rings. The number of nitrogens with two attached hydrogens (primary N) is 1. The second-order valence-corrected chi connectivity index (χ2v) is 5.99. The maximum atomic E-state index is 11.5. The molecule has 0 spiro atoms. The number of carbonyl (C=O) groups is 1. The molecule has 0 fully saturated rings. The average Bonchev–Trinajstić information content (AvgIpc) is 2.41. The van der Waals surface area contributed by atoms with Gasteiger partial charge in [-0.25, -0.2) is 4.79 Å². The largest absolute Gasteiger partial charge is 0.444 e. The fourth-order valence-electron chi connectivity index (χ4n) is 1.72. The Morgan fingerprint density at radius 3 is 2.24 bits per heavy atom. The molecule has 1 aromatic carbocycles. The highest BCUT2D eigenvalue weighted by Gasteiger charge is 2.15. The maximum Gasteiger partial charge on any atom is 0.407 e. The Morgan fingerprint density at radius 1 is 1.14 bits per heavy atom. The molecule has 0 atom stereocenters. The summed E-state index contributed by atoms with van der Waals surface area (Å²) in [6, 6.07) is 8.14. The van der Waals surface area contributed by atoms with Crippen LogP contribution in [0.1, 0.15) is 38.3 Å².